The van der Waals surface area contributed by atoms with Gasteiger partial charge < -0.3 is 10.3 Å². The van der Waals surface area contributed by atoms with E-state index < -0.39 is 0 Å². The minimum absolute atomic E-state index is 0.0413. The van der Waals surface area contributed by atoms with Crippen LogP contribution in [0.4, 0.5) is 0 Å². The van der Waals surface area contributed by atoms with Gasteiger partial charge in [0.05, 0.1) is 0 Å². The highest BCUT2D eigenvalue weighted by Gasteiger charge is 2.27. The summed E-state index contributed by atoms with van der Waals surface area (Å²) in [6.07, 6.45) is 2.00. The third-order valence-corrected chi connectivity index (χ3v) is 2.79. The van der Waals surface area contributed by atoms with Crippen molar-refractivity contribution in [3.63, 3.8) is 0 Å². The molecule has 0 aliphatic heterocycles. The molecule has 0 aromatic heterocycles. The number of hydrogen-bond donors (Lipinski definition) is 1. The van der Waals surface area contributed by atoms with Gasteiger partial charge in [0.1, 0.15) is 0 Å². The van der Waals surface area contributed by atoms with Crippen molar-refractivity contribution >= 4 is 6.21 Å². The fraction of sp³-hybridized carbons (Fsp3) is 0.500. The number of hydrogen-bond acceptors (Lipinski definition) is 3. The maximum Gasteiger partial charge on any atom is 0.0420 e. The second-order valence-corrected chi connectivity index (χ2v) is 5.05. The van der Waals surface area contributed by atoms with Crippen LogP contribution in [-0.2, 0) is 0 Å². The molecule has 3 nitrogen and oxygen atoms in total. The van der Waals surface area contributed by atoms with Crippen molar-refractivity contribution in [3.8, 4) is 0 Å². The van der Waals surface area contributed by atoms with Gasteiger partial charge in [-0.05, 0) is 12.6 Å². The van der Waals surface area contributed by atoms with Crippen molar-refractivity contribution < 1.29 is 0 Å². The van der Waals surface area contributed by atoms with Crippen LogP contribution >= 0.6 is 0 Å². The van der Waals surface area contributed by atoms with Crippen molar-refractivity contribution in [2.24, 2.45) is 10.5 Å². The standard InChI is InChI=1S/C14H23N3/c1-14(2,11-16-17(4)5)13(15-3)12-9-7-6-8-10-12/h6-11,13,15H,1-5H3/b16-11+. The third kappa shape index (κ3) is 3.86. The summed E-state index contributed by atoms with van der Waals surface area (Å²) in [5.41, 5.74) is 1.24. The summed E-state index contributed by atoms with van der Waals surface area (Å²) in [5, 5.41) is 9.55. The van der Waals surface area contributed by atoms with E-state index in [1.165, 1.54) is 5.56 Å². The van der Waals surface area contributed by atoms with Crippen molar-refractivity contribution in [2.75, 3.05) is 21.1 Å². The lowest BCUT2D eigenvalue weighted by Gasteiger charge is -2.31. The second kappa shape index (κ2) is 5.82. The van der Waals surface area contributed by atoms with E-state index in [4.69, 9.17) is 0 Å². The van der Waals surface area contributed by atoms with Crippen LogP contribution in [0.2, 0.25) is 0 Å². The van der Waals surface area contributed by atoms with Crippen LogP contribution in [0.25, 0.3) is 0 Å². The molecule has 0 fully saturated rings. The molecule has 0 heterocycles. The Labute approximate surface area is 105 Å². The van der Waals surface area contributed by atoms with Crippen LogP contribution in [-0.4, -0.2) is 32.4 Å². The molecule has 0 radical (unpaired) electrons. The maximum atomic E-state index is 4.36. The summed E-state index contributed by atoms with van der Waals surface area (Å²) in [5.74, 6) is 0. The van der Waals surface area contributed by atoms with E-state index in [1.54, 1.807) is 0 Å². The highest BCUT2D eigenvalue weighted by Crippen LogP contribution is 2.31. The molecule has 0 amide bonds. The van der Waals surface area contributed by atoms with Gasteiger partial charge >= 0.3 is 0 Å². The molecule has 0 aliphatic rings. The first-order chi connectivity index (χ1) is 7.97. The minimum Gasteiger partial charge on any atom is -0.312 e. The quantitative estimate of drug-likeness (QED) is 0.625. The lowest BCUT2D eigenvalue weighted by molar-refractivity contribution is 0.356. The first-order valence-corrected chi connectivity index (χ1v) is 5.92. The fourth-order valence-corrected chi connectivity index (χ4v) is 1.95. The average molecular weight is 233 g/mol. The summed E-state index contributed by atoms with van der Waals surface area (Å²) < 4.78 is 0. The van der Waals surface area contributed by atoms with E-state index in [1.807, 2.05) is 38.4 Å². The van der Waals surface area contributed by atoms with Gasteiger partial charge in [-0.25, -0.2) is 0 Å². The van der Waals surface area contributed by atoms with Crippen LogP contribution in [0, 0.1) is 5.41 Å². The summed E-state index contributed by atoms with van der Waals surface area (Å²) in [4.78, 5) is 0. The van der Waals surface area contributed by atoms with E-state index in [2.05, 4.69) is 48.5 Å². The lowest BCUT2D eigenvalue weighted by Crippen LogP contribution is -2.33. The SMILES string of the molecule is CNC(c1ccccc1)C(C)(C)/C=N/N(C)C. The van der Waals surface area contributed by atoms with Crippen LogP contribution in [0.5, 0.6) is 0 Å². The molecule has 1 aromatic rings. The Balaban J connectivity index is 2.94. The van der Waals surface area contributed by atoms with Crippen LogP contribution in [0.1, 0.15) is 25.5 Å². The number of hydrazone groups is 1. The molecule has 0 aliphatic carbocycles. The van der Waals surface area contributed by atoms with Gasteiger partial charge in [-0.3, -0.25) is 0 Å². The molecule has 0 saturated carbocycles. The lowest BCUT2D eigenvalue weighted by atomic mass is 9.81. The van der Waals surface area contributed by atoms with Gasteiger partial charge in [0.2, 0.25) is 0 Å². The zero-order chi connectivity index (χ0) is 12.9. The summed E-state index contributed by atoms with van der Waals surface area (Å²) in [7, 11) is 5.86. The third-order valence-electron chi connectivity index (χ3n) is 2.79. The number of rotatable bonds is 5. The predicted molar refractivity (Wildman–Crippen MR) is 74.2 cm³/mol. The Morgan fingerprint density at radius 3 is 2.29 bits per heavy atom. The number of nitrogens with zero attached hydrogens (tertiary/aromatic N) is 2. The molecule has 1 unspecified atom stereocenters. The normalized spacial score (nSPS) is 13.9. The van der Waals surface area contributed by atoms with Gasteiger partial charge in [-0.1, -0.05) is 44.2 Å². The first-order valence-electron chi connectivity index (χ1n) is 5.92. The molecular formula is C14H23N3. The summed E-state index contributed by atoms with van der Waals surface area (Å²) in [6, 6.07) is 10.7. The van der Waals surface area contributed by atoms with Gasteiger partial charge in [-0.2, -0.15) is 5.10 Å². The number of benzene rings is 1. The van der Waals surface area contributed by atoms with Crippen molar-refractivity contribution in [2.45, 2.75) is 19.9 Å². The monoisotopic (exact) mass is 233 g/mol. The smallest absolute Gasteiger partial charge is 0.0420 e. The largest absolute Gasteiger partial charge is 0.312 e. The zero-order valence-corrected chi connectivity index (χ0v) is 11.4. The molecule has 0 spiro atoms. The molecule has 1 atom stereocenters. The minimum atomic E-state index is -0.0413. The maximum absolute atomic E-state index is 4.36. The second-order valence-electron chi connectivity index (χ2n) is 5.05. The van der Waals surface area contributed by atoms with E-state index >= 15 is 0 Å². The average Bonchev–Trinajstić information content (AvgIpc) is 2.29. The molecule has 1 rings (SSSR count). The fourth-order valence-electron chi connectivity index (χ4n) is 1.95. The Morgan fingerprint density at radius 2 is 1.82 bits per heavy atom. The van der Waals surface area contributed by atoms with E-state index in [9.17, 15) is 0 Å². The Hall–Kier alpha value is -1.35. The summed E-state index contributed by atoms with van der Waals surface area (Å²) in [6.45, 7) is 4.38. The molecule has 3 heteroatoms. The Bertz CT molecular complexity index is 355. The Kier molecular flexibility index (Phi) is 4.70. The molecule has 94 valence electrons. The molecule has 0 saturated heterocycles. The van der Waals surface area contributed by atoms with Gasteiger partial charge in [0.15, 0.2) is 0 Å². The Morgan fingerprint density at radius 1 is 1.24 bits per heavy atom. The van der Waals surface area contributed by atoms with Crippen LogP contribution < -0.4 is 5.32 Å². The topological polar surface area (TPSA) is 27.6 Å². The zero-order valence-electron chi connectivity index (χ0n) is 11.4. The van der Waals surface area contributed by atoms with Crippen LogP contribution in [0.15, 0.2) is 35.4 Å². The van der Waals surface area contributed by atoms with Gasteiger partial charge in [0.25, 0.3) is 0 Å². The molecule has 1 aromatic carbocycles. The van der Waals surface area contributed by atoms with E-state index in [0.717, 1.165) is 0 Å². The highest BCUT2D eigenvalue weighted by atomic mass is 15.4. The van der Waals surface area contributed by atoms with Crippen molar-refractivity contribution in [3.05, 3.63) is 35.9 Å². The van der Waals surface area contributed by atoms with E-state index in [0.29, 0.717) is 0 Å². The molecule has 0 bridgehead atoms. The van der Waals surface area contributed by atoms with Crippen molar-refractivity contribution in [1.29, 1.82) is 0 Å². The highest BCUT2D eigenvalue weighted by molar-refractivity contribution is 5.66. The van der Waals surface area contributed by atoms with Crippen LogP contribution in [0.3, 0.4) is 0 Å². The first kappa shape index (κ1) is 13.7. The predicted octanol–water partition coefficient (Wildman–Crippen LogP) is 2.52. The molecule has 1 N–H and O–H groups in total. The van der Waals surface area contributed by atoms with Gasteiger partial charge in [-0.15, -0.1) is 0 Å². The van der Waals surface area contributed by atoms with Gasteiger partial charge in [0, 0.05) is 31.8 Å². The number of nitrogens with one attached hydrogen (secondary N) is 1. The molecule has 17 heavy (non-hydrogen) atoms. The van der Waals surface area contributed by atoms with Crippen molar-refractivity contribution in [1.82, 2.24) is 10.3 Å². The summed E-state index contributed by atoms with van der Waals surface area (Å²) >= 11 is 0. The molecular weight excluding hydrogens is 210 g/mol. The van der Waals surface area contributed by atoms with E-state index in [-0.39, 0.29) is 11.5 Å².